The highest BCUT2D eigenvalue weighted by Crippen LogP contribution is 2.32. The second kappa shape index (κ2) is 8.05. The fourth-order valence-electron chi connectivity index (χ4n) is 2.29. The van der Waals surface area contributed by atoms with Crippen LogP contribution in [0.15, 0.2) is 47.8 Å². The molecular formula is C17H18N2O4. The van der Waals surface area contributed by atoms with Crippen LogP contribution in [0.4, 0.5) is 5.69 Å². The Labute approximate surface area is 134 Å². The first-order valence-electron chi connectivity index (χ1n) is 7.20. The molecule has 0 heterocycles. The molecule has 0 bridgehead atoms. The van der Waals surface area contributed by atoms with Crippen LogP contribution in [0.1, 0.15) is 28.4 Å². The molecule has 0 spiro atoms. The van der Waals surface area contributed by atoms with E-state index in [4.69, 9.17) is 4.74 Å². The van der Waals surface area contributed by atoms with Gasteiger partial charge in [-0.3, -0.25) is 4.79 Å². The molecule has 0 saturated heterocycles. The average Bonchev–Trinajstić information content (AvgIpc) is 2.55. The Morgan fingerprint density at radius 2 is 2.00 bits per heavy atom. The number of benzene rings is 2. The standard InChI is InChI=1S/C17H18N2O4/c1-12(21)9-15-14(10-20)7-8-16(17(15)18-19-22)23-11-13-5-3-2-4-6-13/h2-8,10,12,21H,9,11H2,1H3,(H,18,22). The topological polar surface area (TPSA) is 88.0 Å². The molecule has 2 aromatic carbocycles. The summed E-state index contributed by atoms with van der Waals surface area (Å²) in [5, 5.41) is 12.3. The van der Waals surface area contributed by atoms with Crippen molar-refractivity contribution in [1.29, 1.82) is 0 Å². The summed E-state index contributed by atoms with van der Waals surface area (Å²) in [6, 6.07) is 12.8. The molecule has 0 aliphatic rings. The molecule has 6 nitrogen and oxygen atoms in total. The number of aliphatic hydroxyl groups excluding tert-OH is 1. The van der Waals surface area contributed by atoms with Crippen molar-refractivity contribution in [1.82, 2.24) is 0 Å². The molecule has 0 amide bonds. The van der Waals surface area contributed by atoms with Crippen LogP contribution in [0.5, 0.6) is 5.75 Å². The Kier molecular flexibility index (Phi) is 5.82. The second-order valence-corrected chi connectivity index (χ2v) is 5.15. The summed E-state index contributed by atoms with van der Waals surface area (Å²) < 4.78 is 5.74. The van der Waals surface area contributed by atoms with Crippen LogP contribution in [0.25, 0.3) is 0 Å². The summed E-state index contributed by atoms with van der Waals surface area (Å²) in [7, 11) is 0. The van der Waals surface area contributed by atoms with Crippen molar-refractivity contribution in [2.45, 2.75) is 26.1 Å². The molecule has 1 unspecified atom stereocenters. The maximum absolute atomic E-state index is 11.2. The highest BCUT2D eigenvalue weighted by molar-refractivity contribution is 5.83. The van der Waals surface area contributed by atoms with E-state index in [1.165, 1.54) is 0 Å². The summed E-state index contributed by atoms with van der Waals surface area (Å²) in [6.07, 6.45) is 0.202. The van der Waals surface area contributed by atoms with E-state index in [0.29, 0.717) is 35.5 Å². The number of hydrogen-bond acceptors (Lipinski definition) is 5. The number of hydrogen-bond donors (Lipinski definition) is 2. The smallest absolute Gasteiger partial charge is 0.150 e. The van der Waals surface area contributed by atoms with Gasteiger partial charge in [-0.05, 0) is 30.2 Å². The highest BCUT2D eigenvalue weighted by Gasteiger charge is 2.16. The summed E-state index contributed by atoms with van der Waals surface area (Å²) in [6.45, 7) is 1.91. The van der Waals surface area contributed by atoms with Crippen LogP contribution >= 0.6 is 0 Å². The third-order valence-electron chi connectivity index (χ3n) is 3.33. The Morgan fingerprint density at radius 3 is 2.61 bits per heavy atom. The number of nitrogens with zero attached hydrogens (tertiary/aromatic N) is 1. The normalized spacial score (nSPS) is 11.6. The van der Waals surface area contributed by atoms with Gasteiger partial charge in [0.1, 0.15) is 24.3 Å². The van der Waals surface area contributed by atoms with Gasteiger partial charge in [-0.2, -0.15) is 0 Å². The molecule has 0 fully saturated rings. The third-order valence-corrected chi connectivity index (χ3v) is 3.33. The van der Waals surface area contributed by atoms with Crippen LogP contribution in [0.2, 0.25) is 0 Å². The first kappa shape index (κ1) is 16.6. The Hall–Kier alpha value is -2.73. The molecule has 120 valence electrons. The number of carbonyl (C=O) groups excluding carboxylic acids is 1. The van der Waals surface area contributed by atoms with Gasteiger partial charge in [-0.25, -0.2) is 5.43 Å². The summed E-state index contributed by atoms with van der Waals surface area (Å²) >= 11 is 0. The third kappa shape index (κ3) is 4.37. The number of nitroso groups, excluding NO2 is 1. The fourth-order valence-corrected chi connectivity index (χ4v) is 2.29. The maximum Gasteiger partial charge on any atom is 0.150 e. The van der Waals surface area contributed by atoms with Gasteiger partial charge in [-0.1, -0.05) is 30.3 Å². The van der Waals surface area contributed by atoms with Gasteiger partial charge in [0.2, 0.25) is 0 Å². The van der Waals surface area contributed by atoms with Crippen LogP contribution in [0, 0.1) is 4.91 Å². The van der Waals surface area contributed by atoms with Crippen molar-refractivity contribution in [3.8, 4) is 5.75 Å². The number of aliphatic hydroxyl groups is 1. The first-order valence-corrected chi connectivity index (χ1v) is 7.20. The Balaban J connectivity index is 2.33. The fraction of sp³-hybridized carbons (Fsp3) is 0.235. The van der Waals surface area contributed by atoms with E-state index in [1.807, 2.05) is 30.3 Å². The van der Waals surface area contributed by atoms with Gasteiger partial charge < -0.3 is 9.84 Å². The molecule has 0 saturated carbocycles. The van der Waals surface area contributed by atoms with Crippen LogP contribution < -0.4 is 10.2 Å². The molecule has 0 aliphatic carbocycles. The lowest BCUT2D eigenvalue weighted by Crippen LogP contribution is -2.10. The molecule has 1 atom stereocenters. The van der Waals surface area contributed by atoms with E-state index in [9.17, 15) is 14.8 Å². The van der Waals surface area contributed by atoms with Crippen LogP contribution in [-0.4, -0.2) is 17.5 Å². The zero-order valence-electron chi connectivity index (χ0n) is 12.7. The van der Waals surface area contributed by atoms with E-state index < -0.39 is 6.10 Å². The van der Waals surface area contributed by atoms with Crippen molar-refractivity contribution in [2.24, 2.45) is 5.29 Å². The zero-order chi connectivity index (χ0) is 16.7. The largest absolute Gasteiger partial charge is 0.487 e. The van der Waals surface area contributed by atoms with E-state index >= 15 is 0 Å². The molecule has 6 heteroatoms. The molecule has 0 radical (unpaired) electrons. The molecule has 2 rings (SSSR count). The van der Waals surface area contributed by atoms with E-state index in [0.717, 1.165) is 5.56 Å². The second-order valence-electron chi connectivity index (χ2n) is 5.15. The minimum atomic E-state index is -0.676. The molecule has 2 aromatic rings. The Morgan fingerprint density at radius 1 is 1.26 bits per heavy atom. The monoisotopic (exact) mass is 314 g/mol. The lowest BCUT2D eigenvalue weighted by molar-refractivity contribution is 0.112. The number of rotatable bonds is 8. The minimum Gasteiger partial charge on any atom is -0.487 e. The van der Waals surface area contributed by atoms with Crippen LogP contribution in [0.3, 0.4) is 0 Å². The number of aldehydes is 1. The van der Waals surface area contributed by atoms with Crippen molar-refractivity contribution in [2.75, 3.05) is 5.43 Å². The molecule has 0 aliphatic heterocycles. The van der Waals surface area contributed by atoms with E-state index in [1.54, 1.807) is 19.1 Å². The summed E-state index contributed by atoms with van der Waals surface area (Å²) in [5.74, 6) is 0.398. The van der Waals surface area contributed by atoms with Crippen molar-refractivity contribution in [3.05, 3.63) is 64.1 Å². The van der Waals surface area contributed by atoms with Gasteiger partial charge in [-0.15, -0.1) is 4.91 Å². The van der Waals surface area contributed by atoms with Crippen molar-refractivity contribution in [3.63, 3.8) is 0 Å². The van der Waals surface area contributed by atoms with Crippen LogP contribution in [-0.2, 0) is 13.0 Å². The van der Waals surface area contributed by atoms with Crippen molar-refractivity contribution >= 4 is 12.0 Å². The zero-order valence-corrected chi connectivity index (χ0v) is 12.7. The quantitative estimate of drug-likeness (QED) is 0.444. The van der Waals surface area contributed by atoms with Gasteiger partial charge in [0.05, 0.1) is 11.4 Å². The SMILES string of the molecule is CC(O)Cc1c(C=O)ccc(OCc2ccccc2)c1NN=O. The lowest BCUT2D eigenvalue weighted by atomic mass is 10.00. The molecule has 23 heavy (non-hydrogen) atoms. The summed E-state index contributed by atoms with van der Waals surface area (Å²) in [5.41, 5.74) is 4.49. The van der Waals surface area contributed by atoms with E-state index in [-0.39, 0.29) is 6.42 Å². The molecule has 0 aromatic heterocycles. The first-order chi connectivity index (χ1) is 11.2. The highest BCUT2D eigenvalue weighted by atomic mass is 16.5. The van der Waals surface area contributed by atoms with Gasteiger partial charge in [0.25, 0.3) is 0 Å². The predicted octanol–water partition coefficient (Wildman–Crippen LogP) is 3.09. The number of anilines is 1. The lowest BCUT2D eigenvalue weighted by Gasteiger charge is -2.17. The van der Waals surface area contributed by atoms with Gasteiger partial charge in [0, 0.05) is 12.0 Å². The Bertz CT molecular complexity index is 672. The van der Waals surface area contributed by atoms with Gasteiger partial charge >= 0.3 is 0 Å². The van der Waals surface area contributed by atoms with Gasteiger partial charge in [0.15, 0.2) is 0 Å². The minimum absolute atomic E-state index is 0.203. The maximum atomic E-state index is 11.2. The molecule has 2 N–H and O–H groups in total. The van der Waals surface area contributed by atoms with Crippen molar-refractivity contribution < 1.29 is 14.6 Å². The number of carbonyl (C=O) groups is 1. The predicted molar refractivity (Wildman–Crippen MR) is 87.4 cm³/mol. The average molecular weight is 314 g/mol. The molecular weight excluding hydrogens is 296 g/mol. The number of nitrogens with one attached hydrogen (secondary N) is 1. The number of ether oxygens (including phenoxy) is 1. The van der Waals surface area contributed by atoms with E-state index in [2.05, 4.69) is 10.7 Å². The summed E-state index contributed by atoms with van der Waals surface area (Å²) in [4.78, 5) is 21.9.